The number of hydrogen-bond acceptors (Lipinski definition) is 4. The molecule has 6 nitrogen and oxygen atoms in total. The van der Waals surface area contributed by atoms with Gasteiger partial charge in [0.05, 0.1) is 21.3 Å². The van der Waals surface area contributed by atoms with Gasteiger partial charge < -0.3 is 10.2 Å². The van der Waals surface area contributed by atoms with E-state index in [1.807, 2.05) is 31.2 Å². The van der Waals surface area contributed by atoms with Crippen molar-refractivity contribution in [2.45, 2.75) is 20.8 Å². The van der Waals surface area contributed by atoms with E-state index in [0.29, 0.717) is 21.8 Å². The molecule has 1 amide bonds. The van der Waals surface area contributed by atoms with Crippen molar-refractivity contribution in [2.75, 3.05) is 23.3 Å². The molecule has 0 unspecified atom stereocenters. The van der Waals surface area contributed by atoms with Crippen molar-refractivity contribution in [1.82, 2.24) is 15.0 Å². The number of carbonyl (C=O) groups is 1. The van der Waals surface area contributed by atoms with E-state index in [4.69, 9.17) is 23.2 Å². The lowest BCUT2D eigenvalue weighted by Gasteiger charge is -2.20. The summed E-state index contributed by atoms with van der Waals surface area (Å²) in [6.45, 7) is 8.09. The standard InChI is InChI=1S/C24H23Cl2N5O/c1-4-30(5-2)16-9-11-17(12-10-16)31-28-21-13-15(3)20(14-22(21)29-31)27-24(32)18-7-6-8-19(25)23(18)26/h6-14H,4-5H2,1-3H3,(H,27,32). The van der Waals surface area contributed by atoms with E-state index in [-0.39, 0.29) is 10.9 Å². The van der Waals surface area contributed by atoms with Gasteiger partial charge >= 0.3 is 0 Å². The number of aromatic nitrogens is 3. The number of amides is 1. The van der Waals surface area contributed by atoms with Crippen molar-refractivity contribution in [3.63, 3.8) is 0 Å². The molecule has 4 aromatic rings. The van der Waals surface area contributed by atoms with E-state index in [9.17, 15) is 4.79 Å². The molecule has 0 saturated heterocycles. The molecule has 164 valence electrons. The Kier molecular flexibility index (Phi) is 6.35. The summed E-state index contributed by atoms with van der Waals surface area (Å²) in [5.41, 5.74) is 5.28. The molecule has 0 fully saturated rings. The summed E-state index contributed by atoms with van der Waals surface area (Å²) in [7, 11) is 0. The van der Waals surface area contributed by atoms with E-state index in [1.165, 1.54) is 0 Å². The molecule has 0 saturated carbocycles. The Hall–Kier alpha value is -3.09. The third kappa shape index (κ3) is 4.29. The second-order valence-electron chi connectivity index (χ2n) is 7.39. The number of rotatable bonds is 6. The van der Waals surface area contributed by atoms with Crippen LogP contribution >= 0.6 is 23.2 Å². The molecule has 32 heavy (non-hydrogen) atoms. The maximum absolute atomic E-state index is 12.7. The Morgan fingerprint density at radius 3 is 2.31 bits per heavy atom. The van der Waals surface area contributed by atoms with Crippen LogP contribution in [0.3, 0.4) is 0 Å². The number of benzene rings is 3. The van der Waals surface area contributed by atoms with Gasteiger partial charge in [0, 0.05) is 24.5 Å². The third-order valence-electron chi connectivity index (χ3n) is 5.38. The molecule has 0 aliphatic heterocycles. The fourth-order valence-electron chi connectivity index (χ4n) is 3.57. The highest BCUT2D eigenvalue weighted by atomic mass is 35.5. The lowest BCUT2D eigenvalue weighted by Crippen LogP contribution is -2.21. The van der Waals surface area contributed by atoms with Crippen LogP contribution in [0, 0.1) is 6.92 Å². The van der Waals surface area contributed by atoms with Gasteiger partial charge in [0.15, 0.2) is 0 Å². The highest BCUT2D eigenvalue weighted by Crippen LogP contribution is 2.28. The molecule has 1 aromatic heterocycles. The van der Waals surface area contributed by atoms with Gasteiger partial charge in [-0.1, -0.05) is 29.3 Å². The van der Waals surface area contributed by atoms with Gasteiger partial charge in [0.25, 0.3) is 5.91 Å². The predicted octanol–water partition coefficient (Wildman–Crippen LogP) is 6.13. The van der Waals surface area contributed by atoms with Crippen molar-refractivity contribution < 1.29 is 4.79 Å². The topological polar surface area (TPSA) is 63.1 Å². The summed E-state index contributed by atoms with van der Waals surface area (Å²) in [6, 6.07) is 16.8. The van der Waals surface area contributed by atoms with Crippen LogP contribution in [0.25, 0.3) is 16.7 Å². The minimum atomic E-state index is -0.334. The molecule has 0 radical (unpaired) electrons. The Labute approximate surface area is 196 Å². The van der Waals surface area contributed by atoms with Crippen LogP contribution in [0.2, 0.25) is 10.0 Å². The molecular formula is C24H23Cl2N5O. The van der Waals surface area contributed by atoms with E-state index in [0.717, 1.165) is 35.5 Å². The molecule has 1 heterocycles. The average Bonchev–Trinajstić information content (AvgIpc) is 3.19. The van der Waals surface area contributed by atoms with Crippen molar-refractivity contribution in [3.05, 3.63) is 75.8 Å². The maximum Gasteiger partial charge on any atom is 0.257 e. The van der Waals surface area contributed by atoms with E-state index in [1.54, 1.807) is 23.0 Å². The lowest BCUT2D eigenvalue weighted by atomic mass is 10.1. The predicted molar refractivity (Wildman–Crippen MR) is 132 cm³/mol. The van der Waals surface area contributed by atoms with E-state index < -0.39 is 0 Å². The maximum atomic E-state index is 12.7. The second kappa shape index (κ2) is 9.18. The van der Waals surface area contributed by atoms with Gasteiger partial charge in [0.2, 0.25) is 0 Å². The monoisotopic (exact) mass is 467 g/mol. The van der Waals surface area contributed by atoms with Crippen LogP contribution in [0.5, 0.6) is 0 Å². The second-order valence-corrected chi connectivity index (χ2v) is 8.17. The SMILES string of the molecule is CCN(CC)c1ccc(-n2nc3cc(C)c(NC(=O)c4cccc(Cl)c4Cl)cc3n2)cc1. The molecule has 0 atom stereocenters. The van der Waals surface area contributed by atoms with Crippen molar-refractivity contribution in [2.24, 2.45) is 0 Å². The van der Waals surface area contributed by atoms with Crippen LogP contribution in [0.4, 0.5) is 11.4 Å². The third-order valence-corrected chi connectivity index (χ3v) is 6.20. The highest BCUT2D eigenvalue weighted by molar-refractivity contribution is 6.44. The molecule has 1 N–H and O–H groups in total. The zero-order valence-electron chi connectivity index (χ0n) is 18.1. The van der Waals surface area contributed by atoms with Gasteiger partial charge in [-0.15, -0.1) is 10.2 Å². The number of halogens is 2. The van der Waals surface area contributed by atoms with Crippen LogP contribution in [-0.2, 0) is 0 Å². The number of anilines is 2. The first-order chi connectivity index (χ1) is 15.4. The van der Waals surface area contributed by atoms with Gasteiger partial charge in [-0.05, 0) is 74.9 Å². The number of nitrogens with one attached hydrogen (secondary N) is 1. The summed E-state index contributed by atoms with van der Waals surface area (Å²) < 4.78 is 0. The summed E-state index contributed by atoms with van der Waals surface area (Å²) in [6.07, 6.45) is 0. The Bertz CT molecular complexity index is 1280. The molecular weight excluding hydrogens is 445 g/mol. The van der Waals surface area contributed by atoms with Gasteiger partial charge in [-0.25, -0.2) is 0 Å². The molecule has 8 heteroatoms. The minimum Gasteiger partial charge on any atom is -0.372 e. The Balaban J connectivity index is 1.62. The fourth-order valence-corrected chi connectivity index (χ4v) is 3.96. The van der Waals surface area contributed by atoms with Gasteiger partial charge in [-0.3, -0.25) is 4.79 Å². The summed E-state index contributed by atoms with van der Waals surface area (Å²) in [5, 5.41) is 12.7. The quantitative estimate of drug-likeness (QED) is 0.370. The number of fused-ring (bicyclic) bond motifs is 1. The van der Waals surface area contributed by atoms with Gasteiger partial charge in [-0.2, -0.15) is 4.80 Å². The number of carbonyl (C=O) groups excluding carboxylic acids is 1. The zero-order chi connectivity index (χ0) is 22.8. The number of nitrogens with zero attached hydrogens (tertiary/aromatic N) is 4. The Morgan fingerprint density at radius 1 is 1.00 bits per heavy atom. The molecule has 0 aliphatic rings. The van der Waals surface area contributed by atoms with Crippen LogP contribution in [-0.4, -0.2) is 34.0 Å². The van der Waals surface area contributed by atoms with Crippen LogP contribution < -0.4 is 10.2 Å². The summed E-state index contributed by atoms with van der Waals surface area (Å²) in [4.78, 5) is 16.6. The van der Waals surface area contributed by atoms with E-state index >= 15 is 0 Å². The molecule has 0 bridgehead atoms. The van der Waals surface area contributed by atoms with Crippen molar-refractivity contribution in [1.29, 1.82) is 0 Å². The molecule has 0 spiro atoms. The normalized spacial score (nSPS) is 11.0. The number of hydrogen-bond donors (Lipinski definition) is 1. The highest BCUT2D eigenvalue weighted by Gasteiger charge is 2.15. The van der Waals surface area contributed by atoms with Crippen LogP contribution in [0.1, 0.15) is 29.8 Å². The molecule has 0 aliphatic carbocycles. The molecule has 4 rings (SSSR count). The fraction of sp³-hybridized carbons (Fsp3) is 0.208. The summed E-state index contributed by atoms with van der Waals surface area (Å²) in [5.74, 6) is -0.334. The Morgan fingerprint density at radius 2 is 1.66 bits per heavy atom. The smallest absolute Gasteiger partial charge is 0.257 e. The van der Waals surface area contributed by atoms with E-state index in [2.05, 4.69) is 46.4 Å². The van der Waals surface area contributed by atoms with Crippen molar-refractivity contribution in [3.8, 4) is 5.69 Å². The average molecular weight is 468 g/mol. The first kappa shape index (κ1) is 22.1. The zero-order valence-corrected chi connectivity index (χ0v) is 19.6. The number of aryl methyl sites for hydroxylation is 1. The summed E-state index contributed by atoms with van der Waals surface area (Å²) >= 11 is 12.2. The molecule has 3 aromatic carbocycles. The first-order valence-electron chi connectivity index (χ1n) is 10.4. The first-order valence-corrected chi connectivity index (χ1v) is 11.1. The lowest BCUT2D eigenvalue weighted by molar-refractivity contribution is 0.102. The van der Waals surface area contributed by atoms with Crippen molar-refractivity contribution >= 4 is 51.5 Å². The largest absolute Gasteiger partial charge is 0.372 e. The van der Waals surface area contributed by atoms with Gasteiger partial charge in [0.1, 0.15) is 11.0 Å². The minimum absolute atomic E-state index is 0.226. The van der Waals surface area contributed by atoms with Crippen LogP contribution in [0.15, 0.2) is 54.6 Å².